The lowest BCUT2D eigenvalue weighted by atomic mass is 10.1. The van der Waals surface area contributed by atoms with E-state index < -0.39 is 0 Å². The first-order chi connectivity index (χ1) is 6.65. The monoisotopic (exact) mass is 212 g/mol. The molecule has 0 unspecified atom stereocenters. The molecule has 4 heteroatoms. The first kappa shape index (κ1) is 11.2. The average molecular weight is 212 g/mol. The van der Waals surface area contributed by atoms with Gasteiger partial charge in [-0.1, -0.05) is 6.92 Å². The number of hydrogen-bond donors (Lipinski definition) is 2. The molecular weight excluding hydrogens is 196 g/mol. The van der Waals surface area contributed by atoms with Crippen LogP contribution in [0.15, 0.2) is 22.4 Å². The second kappa shape index (κ2) is 5.10. The van der Waals surface area contributed by atoms with E-state index >= 15 is 0 Å². The summed E-state index contributed by atoms with van der Waals surface area (Å²) in [5.74, 6) is 0.767. The van der Waals surface area contributed by atoms with Gasteiger partial charge in [-0.05, 0) is 25.2 Å². The van der Waals surface area contributed by atoms with E-state index in [4.69, 9.17) is 5.73 Å². The molecule has 0 saturated heterocycles. The minimum atomic E-state index is -0.328. The third kappa shape index (κ3) is 2.80. The molecule has 0 aromatic carbocycles. The number of nitrogens with one attached hydrogen (secondary N) is 1. The Morgan fingerprint density at radius 1 is 1.71 bits per heavy atom. The Labute approximate surface area is 88.8 Å². The van der Waals surface area contributed by atoms with Crippen LogP contribution in [-0.4, -0.2) is 11.7 Å². The fourth-order valence-corrected chi connectivity index (χ4v) is 2.10. The molecule has 0 fully saturated rings. The predicted octanol–water partition coefficient (Wildman–Crippen LogP) is 1.72. The summed E-state index contributed by atoms with van der Waals surface area (Å²) in [6, 6.07) is 0. The zero-order valence-corrected chi connectivity index (χ0v) is 9.41. The topological polar surface area (TPSA) is 55.1 Å². The van der Waals surface area contributed by atoms with E-state index in [0.29, 0.717) is 12.0 Å². The van der Waals surface area contributed by atoms with Crippen LogP contribution in [0.2, 0.25) is 0 Å². The van der Waals surface area contributed by atoms with E-state index in [1.54, 1.807) is 11.8 Å². The van der Waals surface area contributed by atoms with Crippen molar-refractivity contribution < 1.29 is 4.79 Å². The van der Waals surface area contributed by atoms with E-state index in [9.17, 15) is 4.79 Å². The quantitative estimate of drug-likeness (QED) is 0.746. The molecule has 3 nitrogen and oxygen atoms in total. The summed E-state index contributed by atoms with van der Waals surface area (Å²) in [6.07, 6.45) is 3.82. The molecule has 1 amide bonds. The zero-order chi connectivity index (χ0) is 10.6. The molecule has 0 spiro atoms. The smallest absolute Gasteiger partial charge is 0.246 e. The van der Waals surface area contributed by atoms with Crippen LogP contribution >= 0.6 is 11.8 Å². The Balaban J connectivity index is 2.56. The first-order valence-corrected chi connectivity index (χ1v) is 5.73. The Morgan fingerprint density at radius 2 is 2.43 bits per heavy atom. The number of hydrogen-bond acceptors (Lipinski definition) is 3. The first-order valence-electron chi connectivity index (χ1n) is 4.74. The number of amides is 1. The lowest BCUT2D eigenvalue weighted by Gasteiger charge is -2.18. The number of dihydropyridines is 1. The molecule has 0 aromatic rings. The molecule has 1 heterocycles. The highest BCUT2D eigenvalue weighted by atomic mass is 32.2. The Hall–Kier alpha value is -0.900. The van der Waals surface area contributed by atoms with E-state index in [1.807, 2.05) is 13.0 Å². The molecule has 0 atom stereocenters. The third-order valence-corrected chi connectivity index (χ3v) is 3.21. The molecule has 0 aliphatic carbocycles. The maximum absolute atomic E-state index is 11.0. The highest BCUT2D eigenvalue weighted by Gasteiger charge is 2.14. The maximum atomic E-state index is 11.0. The van der Waals surface area contributed by atoms with Gasteiger partial charge in [0.25, 0.3) is 0 Å². The van der Waals surface area contributed by atoms with Crippen molar-refractivity contribution in [2.75, 3.05) is 5.75 Å². The number of thioether (sulfide) groups is 1. The Morgan fingerprint density at radius 3 is 2.93 bits per heavy atom. The minimum absolute atomic E-state index is 0.328. The van der Waals surface area contributed by atoms with Gasteiger partial charge < -0.3 is 11.1 Å². The van der Waals surface area contributed by atoms with Gasteiger partial charge in [0.15, 0.2) is 0 Å². The molecule has 1 aliphatic rings. The maximum Gasteiger partial charge on any atom is 0.246 e. The highest BCUT2D eigenvalue weighted by Crippen LogP contribution is 2.23. The molecule has 1 aliphatic heterocycles. The summed E-state index contributed by atoms with van der Waals surface area (Å²) in [4.78, 5) is 11.0. The van der Waals surface area contributed by atoms with Gasteiger partial charge in [0.2, 0.25) is 5.91 Å². The average Bonchev–Trinajstić information content (AvgIpc) is 2.14. The molecule has 0 aromatic heterocycles. The SMILES string of the molecule is CCCSC1=CCC(C(N)=O)=C(C)N1. The van der Waals surface area contributed by atoms with Crippen LogP contribution in [0, 0.1) is 0 Å². The number of carbonyl (C=O) groups is 1. The van der Waals surface area contributed by atoms with Crippen LogP contribution in [0.4, 0.5) is 0 Å². The summed E-state index contributed by atoms with van der Waals surface area (Å²) in [5, 5.41) is 4.32. The third-order valence-electron chi connectivity index (χ3n) is 2.01. The standard InChI is InChI=1S/C10H16N2OS/c1-3-6-14-9-5-4-8(10(11)13)7(2)12-9/h5,12H,3-4,6H2,1-2H3,(H2,11,13). The van der Waals surface area contributed by atoms with Crippen molar-refractivity contribution in [1.82, 2.24) is 5.32 Å². The van der Waals surface area contributed by atoms with Crippen LogP contribution in [0.3, 0.4) is 0 Å². The Bertz CT molecular complexity index is 294. The van der Waals surface area contributed by atoms with E-state index in [-0.39, 0.29) is 5.91 Å². The number of primary amides is 1. The molecule has 14 heavy (non-hydrogen) atoms. The lowest BCUT2D eigenvalue weighted by Crippen LogP contribution is -2.23. The molecule has 0 saturated carbocycles. The lowest BCUT2D eigenvalue weighted by molar-refractivity contribution is -0.114. The Kier molecular flexibility index (Phi) is 4.07. The molecule has 0 bridgehead atoms. The van der Waals surface area contributed by atoms with Crippen LogP contribution in [0.1, 0.15) is 26.7 Å². The van der Waals surface area contributed by atoms with Crippen LogP contribution in [-0.2, 0) is 4.79 Å². The van der Waals surface area contributed by atoms with E-state index in [1.165, 1.54) is 0 Å². The van der Waals surface area contributed by atoms with Gasteiger partial charge in [-0.3, -0.25) is 4.79 Å². The molecule has 3 N–H and O–H groups in total. The van der Waals surface area contributed by atoms with Crippen LogP contribution in [0.25, 0.3) is 0 Å². The summed E-state index contributed by atoms with van der Waals surface area (Å²) in [7, 11) is 0. The van der Waals surface area contributed by atoms with Gasteiger partial charge in [-0.15, -0.1) is 11.8 Å². The van der Waals surface area contributed by atoms with Crippen molar-refractivity contribution in [3.8, 4) is 0 Å². The van der Waals surface area contributed by atoms with Crippen LogP contribution in [0.5, 0.6) is 0 Å². The molecule has 78 valence electrons. The van der Waals surface area contributed by atoms with Crippen molar-refractivity contribution in [2.24, 2.45) is 5.73 Å². The van der Waals surface area contributed by atoms with Gasteiger partial charge in [-0.25, -0.2) is 0 Å². The van der Waals surface area contributed by atoms with Crippen molar-refractivity contribution in [3.63, 3.8) is 0 Å². The summed E-state index contributed by atoms with van der Waals surface area (Å²) in [6.45, 7) is 4.04. The number of nitrogens with two attached hydrogens (primary N) is 1. The van der Waals surface area contributed by atoms with Gasteiger partial charge in [0.1, 0.15) is 0 Å². The second-order valence-corrected chi connectivity index (χ2v) is 4.35. The fraction of sp³-hybridized carbons (Fsp3) is 0.500. The van der Waals surface area contributed by atoms with Crippen molar-refractivity contribution in [1.29, 1.82) is 0 Å². The summed E-state index contributed by atoms with van der Waals surface area (Å²) < 4.78 is 0. The van der Waals surface area contributed by atoms with Gasteiger partial charge in [-0.2, -0.15) is 0 Å². The van der Waals surface area contributed by atoms with Crippen molar-refractivity contribution >= 4 is 17.7 Å². The fourth-order valence-electron chi connectivity index (χ4n) is 1.25. The molecular formula is C10H16N2OS. The zero-order valence-electron chi connectivity index (χ0n) is 8.59. The number of allylic oxidation sites excluding steroid dienone is 2. The highest BCUT2D eigenvalue weighted by molar-refractivity contribution is 8.03. The molecule has 0 radical (unpaired) electrons. The van der Waals surface area contributed by atoms with E-state index in [0.717, 1.165) is 22.9 Å². The summed E-state index contributed by atoms with van der Waals surface area (Å²) >= 11 is 1.78. The summed E-state index contributed by atoms with van der Waals surface area (Å²) in [5.41, 5.74) is 6.80. The molecule has 1 rings (SSSR count). The number of carbonyl (C=O) groups excluding carboxylic acids is 1. The predicted molar refractivity (Wildman–Crippen MR) is 60.5 cm³/mol. The van der Waals surface area contributed by atoms with Crippen molar-refractivity contribution in [2.45, 2.75) is 26.7 Å². The minimum Gasteiger partial charge on any atom is -0.366 e. The van der Waals surface area contributed by atoms with Gasteiger partial charge in [0, 0.05) is 17.7 Å². The van der Waals surface area contributed by atoms with Gasteiger partial charge in [0.05, 0.1) is 5.03 Å². The number of rotatable bonds is 4. The van der Waals surface area contributed by atoms with Crippen molar-refractivity contribution in [3.05, 3.63) is 22.4 Å². The second-order valence-electron chi connectivity index (χ2n) is 3.21. The largest absolute Gasteiger partial charge is 0.366 e. The van der Waals surface area contributed by atoms with Crippen LogP contribution < -0.4 is 11.1 Å². The van der Waals surface area contributed by atoms with Gasteiger partial charge >= 0.3 is 0 Å². The van der Waals surface area contributed by atoms with E-state index in [2.05, 4.69) is 12.2 Å². The normalized spacial score (nSPS) is 16.3.